The lowest BCUT2D eigenvalue weighted by molar-refractivity contribution is 0.0921. The molecule has 1 unspecified atom stereocenters. The van der Waals surface area contributed by atoms with Crippen LogP contribution >= 0.6 is 0 Å². The molecule has 0 bridgehead atoms. The number of nitrogens with zero attached hydrogens (tertiary/aromatic N) is 1. The molecule has 3 rings (SSSR count). The SMILES string of the molecule is COc1c(C(=O)NCC(C)O)ccc2[nH]nc(/C=C/c3ccc(F)cc3)c12. The highest BCUT2D eigenvalue weighted by atomic mass is 19.1. The number of aliphatic hydroxyl groups excluding tert-OH is 1. The first-order chi connectivity index (χ1) is 13.0. The number of carbonyl (C=O) groups is 1. The fourth-order valence-corrected chi connectivity index (χ4v) is 2.70. The van der Waals surface area contributed by atoms with E-state index in [2.05, 4.69) is 15.5 Å². The Morgan fingerprint density at radius 3 is 2.70 bits per heavy atom. The lowest BCUT2D eigenvalue weighted by atomic mass is 10.1. The van der Waals surface area contributed by atoms with Crippen LogP contribution in [0.1, 0.15) is 28.5 Å². The van der Waals surface area contributed by atoms with Crippen LogP contribution in [-0.4, -0.2) is 41.0 Å². The van der Waals surface area contributed by atoms with Gasteiger partial charge in [-0.2, -0.15) is 5.10 Å². The van der Waals surface area contributed by atoms with Gasteiger partial charge in [0.25, 0.3) is 5.91 Å². The number of halogens is 1. The van der Waals surface area contributed by atoms with Crippen LogP contribution < -0.4 is 10.1 Å². The minimum Gasteiger partial charge on any atom is -0.495 e. The zero-order valence-corrected chi connectivity index (χ0v) is 15.0. The molecule has 0 fully saturated rings. The first-order valence-electron chi connectivity index (χ1n) is 8.44. The van der Waals surface area contributed by atoms with Crippen molar-refractivity contribution in [2.75, 3.05) is 13.7 Å². The van der Waals surface area contributed by atoms with Crippen molar-refractivity contribution in [3.8, 4) is 5.75 Å². The number of rotatable bonds is 6. The topological polar surface area (TPSA) is 87.2 Å². The van der Waals surface area contributed by atoms with E-state index >= 15 is 0 Å². The highest BCUT2D eigenvalue weighted by Gasteiger charge is 2.18. The molecule has 2 aromatic carbocycles. The molecule has 0 aliphatic rings. The standard InChI is InChI=1S/C20H20FN3O3/c1-12(25)11-22-20(26)15-8-10-17-18(19(15)27-2)16(23-24-17)9-5-13-3-6-14(21)7-4-13/h3-10,12,25H,11H2,1-2H3,(H,22,26)(H,23,24)/b9-5+. The van der Waals surface area contributed by atoms with Crippen molar-refractivity contribution in [3.63, 3.8) is 0 Å². The maximum absolute atomic E-state index is 13.0. The summed E-state index contributed by atoms with van der Waals surface area (Å²) in [7, 11) is 1.49. The second-order valence-corrected chi connectivity index (χ2v) is 6.12. The van der Waals surface area contributed by atoms with Gasteiger partial charge in [0.2, 0.25) is 0 Å². The van der Waals surface area contributed by atoms with Gasteiger partial charge in [-0.25, -0.2) is 4.39 Å². The number of hydrogen-bond acceptors (Lipinski definition) is 4. The summed E-state index contributed by atoms with van der Waals surface area (Å²) in [5, 5.41) is 19.9. The predicted octanol–water partition coefficient (Wildman–Crippen LogP) is 2.99. The second kappa shape index (κ2) is 8.01. The third kappa shape index (κ3) is 4.15. The molecule has 3 N–H and O–H groups in total. The average Bonchev–Trinajstić information content (AvgIpc) is 3.08. The lowest BCUT2D eigenvalue weighted by Crippen LogP contribution is -2.30. The Morgan fingerprint density at radius 2 is 2.04 bits per heavy atom. The molecule has 0 radical (unpaired) electrons. The van der Waals surface area contributed by atoms with Crippen LogP contribution in [0.4, 0.5) is 4.39 Å². The normalized spacial score (nSPS) is 12.4. The number of fused-ring (bicyclic) bond motifs is 1. The van der Waals surface area contributed by atoms with E-state index < -0.39 is 6.10 Å². The molecule has 0 spiro atoms. The number of methoxy groups -OCH3 is 1. The number of carbonyl (C=O) groups excluding carboxylic acids is 1. The van der Waals surface area contributed by atoms with E-state index in [1.165, 1.54) is 19.2 Å². The molecule has 0 aliphatic carbocycles. The molecular formula is C20H20FN3O3. The van der Waals surface area contributed by atoms with E-state index in [0.29, 0.717) is 22.4 Å². The van der Waals surface area contributed by atoms with E-state index in [-0.39, 0.29) is 18.3 Å². The molecule has 3 aromatic rings. The first-order valence-corrected chi connectivity index (χ1v) is 8.44. The molecule has 0 saturated carbocycles. The molecule has 140 valence electrons. The van der Waals surface area contributed by atoms with E-state index in [4.69, 9.17) is 4.74 Å². The monoisotopic (exact) mass is 369 g/mol. The fraction of sp³-hybridized carbons (Fsp3) is 0.200. The third-order valence-electron chi connectivity index (χ3n) is 4.02. The predicted molar refractivity (Wildman–Crippen MR) is 102 cm³/mol. The Bertz CT molecular complexity index is 978. The number of aromatic nitrogens is 2. The summed E-state index contributed by atoms with van der Waals surface area (Å²) in [6, 6.07) is 9.47. The number of ether oxygens (including phenoxy) is 1. The summed E-state index contributed by atoms with van der Waals surface area (Å²) in [5.74, 6) is -0.251. The van der Waals surface area contributed by atoms with Crippen LogP contribution in [0.25, 0.3) is 23.1 Å². The number of aliphatic hydroxyl groups is 1. The number of benzene rings is 2. The Labute approximate surface area is 155 Å². The highest BCUT2D eigenvalue weighted by Crippen LogP contribution is 2.32. The third-order valence-corrected chi connectivity index (χ3v) is 4.02. The summed E-state index contributed by atoms with van der Waals surface area (Å²) >= 11 is 0. The van der Waals surface area contributed by atoms with Gasteiger partial charge in [-0.3, -0.25) is 9.89 Å². The zero-order valence-electron chi connectivity index (χ0n) is 15.0. The lowest BCUT2D eigenvalue weighted by Gasteiger charge is -2.11. The van der Waals surface area contributed by atoms with Gasteiger partial charge < -0.3 is 15.2 Å². The Balaban J connectivity index is 1.98. The van der Waals surface area contributed by atoms with Crippen LogP contribution in [0.15, 0.2) is 36.4 Å². The second-order valence-electron chi connectivity index (χ2n) is 6.12. The van der Waals surface area contributed by atoms with Crippen LogP contribution in [0.2, 0.25) is 0 Å². The van der Waals surface area contributed by atoms with Gasteiger partial charge in [0.15, 0.2) is 0 Å². The zero-order chi connectivity index (χ0) is 19.4. The van der Waals surface area contributed by atoms with E-state index in [1.54, 1.807) is 43.3 Å². The maximum Gasteiger partial charge on any atom is 0.255 e. The van der Waals surface area contributed by atoms with Crippen LogP contribution in [-0.2, 0) is 0 Å². The van der Waals surface area contributed by atoms with Gasteiger partial charge in [0.1, 0.15) is 11.6 Å². The van der Waals surface area contributed by atoms with Gasteiger partial charge in [-0.1, -0.05) is 18.2 Å². The smallest absolute Gasteiger partial charge is 0.255 e. The molecule has 6 nitrogen and oxygen atoms in total. The maximum atomic E-state index is 13.0. The van der Waals surface area contributed by atoms with Gasteiger partial charge >= 0.3 is 0 Å². The molecule has 1 aromatic heterocycles. The molecule has 0 saturated heterocycles. The van der Waals surface area contributed by atoms with Crippen molar-refractivity contribution in [3.05, 3.63) is 59.0 Å². The minimum absolute atomic E-state index is 0.142. The summed E-state index contributed by atoms with van der Waals surface area (Å²) in [4.78, 5) is 12.4. The average molecular weight is 369 g/mol. The molecule has 7 heteroatoms. The largest absolute Gasteiger partial charge is 0.495 e. The first kappa shape index (κ1) is 18.6. The quantitative estimate of drug-likeness (QED) is 0.623. The van der Waals surface area contributed by atoms with Crippen LogP contribution in [0, 0.1) is 5.82 Å². The molecule has 0 aliphatic heterocycles. The van der Waals surface area contributed by atoms with Gasteiger partial charge in [0, 0.05) is 6.54 Å². The number of amides is 1. The van der Waals surface area contributed by atoms with Crippen molar-refractivity contribution in [2.45, 2.75) is 13.0 Å². The Hall–Kier alpha value is -3.19. The van der Waals surface area contributed by atoms with Crippen molar-refractivity contribution >= 4 is 29.0 Å². The molecule has 27 heavy (non-hydrogen) atoms. The fourth-order valence-electron chi connectivity index (χ4n) is 2.70. The number of nitrogens with one attached hydrogen (secondary N) is 2. The van der Waals surface area contributed by atoms with Crippen molar-refractivity contribution in [1.29, 1.82) is 0 Å². The minimum atomic E-state index is -0.646. The molecule has 1 atom stereocenters. The number of H-pyrrole nitrogens is 1. The van der Waals surface area contributed by atoms with Crippen molar-refractivity contribution < 1.29 is 19.0 Å². The van der Waals surface area contributed by atoms with E-state index in [1.807, 2.05) is 0 Å². The molecule has 1 amide bonds. The van der Waals surface area contributed by atoms with E-state index in [9.17, 15) is 14.3 Å². The van der Waals surface area contributed by atoms with Crippen LogP contribution in [0.5, 0.6) is 5.75 Å². The van der Waals surface area contributed by atoms with Crippen LogP contribution in [0.3, 0.4) is 0 Å². The molecular weight excluding hydrogens is 349 g/mol. The van der Waals surface area contributed by atoms with Crippen molar-refractivity contribution in [2.24, 2.45) is 0 Å². The Morgan fingerprint density at radius 1 is 1.30 bits per heavy atom. The van der Waals surface area contributed by atoms with Gasteiger partial charge in [-0.15, -0.1) is 0 Å². The summed E-state index contributed by atoms with van der Waals surface area (Å²) in [6.45, 7) is 1.73. The number of hydrogen-bond donors (Lipinski definition) is 3. The van der Waals surface area contributed by atoms with E-state index in [0.717, 1.165) is 11.1 Å². The Kier molecular flexibility index (Phi) is 5.52. The molecule has 1 heterocycles. The summed E-state index contributed by atoms with van der Waals surface area (Å²) in [6.07, 6.45) is 2.92. The summed E-state index contributed by atoms with van der Waals surface area (Å²) in [5.41, 5.74) is 2.48. The van der Waals surface area contributed by atoms with Crippen molar-refractivity contribution in [1.82, 2.24) is 15.5 Å². The van der Waals surface area contributed by atoms with Gasteiger partial charge in [0.05, 0.1) is 35.4 Å². The van der Waals surface area contributed by atoms with Gasteiger partial charge in [-0.05, 0) is 42.8 Å². The summed E-state index contributed by atoms with van der Waals surface area (Å²) < 4.78 is 18.5. The highest BCUT2D eigenvalue weighted by molar-refractivity contribution is 6.05. The number of aromatic amines is 1.